The summed E-state index contributed by atoms with van der Waals surface area (Å²) in [6.45, 7) is 7.01. The van der Waals surface area contributed by atoms with Gasteiger partial charge < -0.3 is 10.6 Å². The predicted octanol–water partition coefficient (Wildman–Crippen LogP) is 11.5. The molecule has 0 amide bonds. The van der Waals surface area contributed by atoms with Crippen LogP contribution in [-0.4, -0.2) is 12.4 Å². The smallest absolute Gasteiger partial charge is 0.134 e. The molecule has 0 saturated carbocycles. The SMILES string of the molecule is C=C/C(=C\C=C(/C)c1ccc(-c2cc(C3=Nc4c(ccc5ccccc45)C(c4ccccc4)N3)cc(-c3ccccc3)c2)cc1)C1=CC=CCN1. The van der Waals surface area contributed by atoms with E-state index in [-0.39, 0.29) is 6.04 Å². The maximum absolute atomic E-state index is 5.38. The van der Waals surface area contributed by atoms with E-state index in [4.69, 9.17) is 4.99 Å². The van der Waals surface area contributed by atoms with E-state index in [1.807, 2.05) is 6.08 Å². The van der Waals surface area contributed by atoms with Gasteiger partial charge in [-0.25, -0.2) is 4.99 Å². The lowest BCUT2D eigenvalue weighted by molar-refractivity contribution is 0.751. The van der Waals surface area contributed by atoms with Crippen molar-refractivity contribution in [1.82, 2.24) is 10.6 Å². The highest BCUT2D eigenvalue weighted by Gasteiger charge is 2.26. The van der Waals surface area contributed by atoms with Gasteiger partial charge in [0, 0.05) is 28.8 Å². The van der Waals surface area contributed by atoms with Crippen molar-refractivity contribution in [3.05, 3.63) is 216 Å². The molecule has 0 spiro atoms. The molecule has 2 N–H and O–H groups in total. The number of benzene rings is 6. The Labute approximate surface area is 300 Å². The Bertz CT molecular complexity index is 2390. The first-order valence-electron chi connectivity index (χ1n) is 17.5. The maximum atomic E-state index is 5.38. The molecule has 0 bridgehead atoms. The van der Waals surface area contributed by atoms with Crippen LogP contribution >= 0.6 is 0 Å². The van der Waals surface area contributed by atoms with Gasteiger partial charge in [0.1, 0.15) is 5.84 Å². The van der Waals surface area contributed by atoms with Crippen LogP contribution in [0.1, 0.15) is 35.2 Å². The van der Waals surface area contributed by atoms with Crippen molar-refractivity contribution in [2.24, 2.45) is 4.99 Å². The van der Waals surface area contributed by atoms with Crippen LogP contribution in [0.15, 0.2) is 199 Å². The third kappa shape index (κ3) is 6.62. The lowest BCUT2D eigenvalue weighted by Crippen LogP contribution is -2.33. The topological polar surface area (TPSA) is 36.4 Å². The van der Waals surface area contributed by atoms with Crippen molar-refractivity contribution in [3.8, 4) is 22.3 Å². The van der Waals surface area contributed by atoms with E-state index in [1.54, 1.807) is 0 Å². The van der Waals surface area contributed by atoms with Gasteiger partial charge in [-0.15, -0.1) is 0 Å². The number of hydrogen-bond acceptors (Lipinski definition) is 3. The van der Waals surface area contributed by atoms with E-state index in [9.17, 15) is 0 Å². The van der Waals surface area contributed by atoms with Crippen LogP contribution in [0.4, 0.5) is 5.69 Å². The zero-order chi connectivity index (χ0) is 34.6. The molecule has 3 heteroatoms. The molecule has 0 aromatic heterocycles. The fourth-order valence-electron chi connectivity index (χ4n) is 6.94. The highest BCUT2D eigenvalue weighted by atomic mass is 15.1. The zero-order valence-corrected chi connectivity index (χ0v) is 28.7. The summed E-state index contributed by atoms with van der Waals surface area (Å²) in [6, 6.07) is 49.9. The first-order valence-corrected chi connectivity index (χ1v) is 17.5. The van der Waals surface area contributed by atoms with Gasteiger partial charge in [-0.3, -0.25) is 0 Å². The number of amidine groups is 1. The van der Waals surface area contributed by atoms with E-state index in [2.05, 4.69) is 194 Å². The molecule has 6 aromatic carbocycles. The summed E-state index contributed by atoms with van der Waals surface area (Å²) in [6.07, 6.45) is 12.5. The number of fused-ring (bicyclic) bond motifs is 3. The van der Waals surface area contributed by atoms with Crippen LogP contribution in [0.2, 0.25) is 0 Å². The van der Waals surface area contributed by atoms with Crippen molar-refractivity contribution >= 4 is 27.9 Å². The number of aliphatic imine (C=N–C) groups is 1. The molecule has 51 heavy (non-hydrogen) atoms. The van der Waals surface area contributed by atoms with Gasteiger partial charge in [0.25, 0.3) is 0 Å². The van der Waals surface area contributed by atoms with Gasteiger partial charge >= 0.3 is 0 Å². The Morgan fingerprint density at radius 3 is 2.12 bits per heavy atom. The van der Waals surface area contributed by atoms with Crippen molar-refractivity contribution in [3.63, 3.8) is 0 Å². The highest BCUT2D eigenvalue weighted by Crippen LogP contribution is 2.40. The minimum absolute atomic E-state index is 0.0338. The molecule has 1 unspecified atom stereocenters. The van der Waals surface area contributed by atoms with Gasteiger partial charge in [0.15, 0.2) is 0 Å². The largest absolute Gasteiger partial charge is 0.381 e. The Morgan fingerprint density at radius 2 is 1.39 bits per heavy atom. The molecule has 2 heterocycles. The quantitative estimate of drug-likeness (QED) is 0.160. The summed E-state index contributed by atoms with van der Waals surface area (Å²) in [4.78, 5) is 5.38. The zero-order valence-electron chi connectivity index (χ0n) is 28.7. The molecule has 0 aliphatic carbocycles. The molecule has 2 aliphatic rings. The fourth-order valence-corrected chi connectivity index (χ4v) is 6.94. The second kappa shape index (κ2) is 14.2. The Kier molecular flexibility index (Phi) is 8.84. The molecular weight excluding hydrogens is 619 g/mol. The van der Waals surface area contributed by atoms with Crippen molar-refractivity contribution < 1.29 is 0 Å². The molecule has 3 nitrogen and oxygen atoms in total. The third-order valence-electron chi connectivity index (χ3n) is 9.72. The van der Waals surface area contributed by atoms with Gasteiger partial charge in [-0.05, 0) is 81.1 Å². The average molecular weight is 658 g/mol. The third-order valence-corrected chi connectivity index (χ3v) is 9.72. The second-order valence-corrected chi connectivity index (χ2v) is 13.0. The summed E-state index contributed by atoms with van der Waals surface area (Å²) >= 11 is 0. The number of rotatable bonds is 8. The number of nitrogens with zero attached hydrogens (tertiary/aromatic N) is 1. The predicted molar refractivity (Wildman–Crippen MR) is 216 cm³/mol. The maximum Gasteiger partial charge on any atom is 0.134 e. The van der Waals surface area contributed by atoms with Crippen LogP contribution < -0.4 is 10.6 Å². The van der Waals surface area contributed by atoms with Crippen molar-refractivity contribution in [2.45, 2.75) is 13.0 Å². The second-order valence-electron chi connectivity index (χ2n) is 13.0. The molecule has 2 aliphatic heterocycles. The lowest BCUT2D eigenvalue weighted by atomic mass is 9.91. The molecule has 246 valence electrons. The van der Waals surface area contributed by atoms with Gasteiger partial charge in [-0.1, -0.05) is 158 Å². The molecule has 1 atom stereocenters. The summed E-state index contributed by atoms with van der Waals surface area (Å²) in [7, 11) is 0. The Balaban J connectivity index is 1.20. The van der Waals surface area contributed by atoms with Crippen LogP contribution in [-0.2, 0) is 0 Å². The molecular formula is C48H39N3. The van der Waals surface area contributed by atoms with Crippen LogP contribution in [0.3, 0.4) is 0 Å². The van der Waals surface area contributed by atoms with Gasteiger partial charge in [0.05, 0.1) is 11.7 Å². The van der Waals surface area contributed by atoms with Crippen LogP contribution in [0.25, 0.3) is 38.6 Å². The summed E-state index contributed by atoms with van der Waals surface area (Å²) < 4.78 is 0. The summed E-state index contributed by atoms with van der Waals surface area (Å²) in [5.74, 6) is 0.866. The van der Waals surface area contributed by atoms with Gasteiger partial charge in [0.2, 0.25) is 0 Å². The fraction of sp³-hybridized carbons (Fsp3) is 0.0625. The Hall–Kier alpha value is -6.45. The molecule has 0 fully saturated rings. The monoisotopic (exact) mass is 657 g/mol. The van der Waals surface area contributed by atoms with E-state index in [1.165, 1.54) is 33.2 Å². The normalized spacial score (nSPS) is 15.7. The number of hydrogen-bond donors (Lipinski definition) is 2. The minimum atomic E-state index is -0.0338. The van der Waals surface area contributed by atoms with Crippen molar-refractivity contribution in [1.29, 1.82) is 0 Å². The highest BCUT2D eigenvalue weighted by molar-refractivity contribution is 6.07. The summed E-state index contributed by atoms with van der Waals surface area (Å²) in [5, 5.41) is 9.62. The van der Waals surface area contributed by atoms with E-state index in [0.29, 0.717) is 0 Å². The first kappa shape index (κ1) is 31.8. The lowest BCUT2D eigenvalue weighted by Gasteiger charge is -2.29. The number of dihydropyridines is 1. The summed E-state index contributed by atoms with van der Waals surface area (Å²) in [5.41, 5.74) is 13.6. The average Bonchev–Trinajstić information content (AvgIpc) is 3.21. The number of nitrogens with one attached hydrogen (secondary N) is 2. The van der Waals surface area contributed by atoms with Crippen LogP contribution in [0, 0.1) is 0 Å². The Morgan fingerprint density at radius 1 is 0.706 bits per heavy atom. The molecule has 0 saturated heterocycles. The van der Waals surface area contributed by atoms with Crippen LogP contribution in [0.5, 0.6) is 0 Å². The number of allylic oxidation sites excluding steroid dienone is 6. The standard InChI is InChI=1S/C48H39N3/c1-3-34(45-20-12-13-29-49-45)22-21-33(2)35-23-25-37(26-24-35)41-30-40(36-14-6-4-7-15-36)31-42(32-41)48-50-46(39-17-8-5-9-18-39)44-28-27-38-16-10-11-19-43(38)47(44)51-48/h3-28,30-32,46,49H,1,29H2,2H3,(H,50,51)/b33-21+,34-22+. The molecule has 0 radical (unpaired) electrons. The van der Waals surface area contributed by atoms with Crippen molar-refractivity contribution in [2.75, 3.05) is 6.54 Å². The van der Waals surface area contributed by atoms with E-state index >= 15 is 0 Å². The minimum Gasteiger partial charge on any atom is -0.381 e. The van der Waals surface area contributed by atoms with E-state index in [0.717, 1.165) is 57.0 Å². The van der Waals surface area contributed by atoms with Gasteiger partial charge in [-0.2, -0.15) is 0 Å². The van der Waals surface area contributed by atoms with E-state index < -0.39 is 0 Å². The molecule has 6 aromatic rings. The first-order chi connectivity index (χ1) is 25.1. The molecule has 8 rings (SSSR count).